The Hall–Kier alpha value is -1.78. The molecule has 0 radical (unpaired) electrons. The van der Waals surface area contributed by atoms with Crippen molar-refractivity contribution in [1.82, 2.24) is 0 Å². The predicted octanol–water partition coefficient (Wildman–Crippen LogP) is 1.36. The molecule has 0 saturated carbocycles. The van der Waals surface area contributed by atoms with Gasteiger partial charge in [0.2, 0.25) is 0 Å². The van der Waals surface area contributed by atoms with Crippen LogP contribution in [0.3, 0.4) is 0 Å². The van der Waals surface area contributed by atoms with Crippen LogP contribution in [0.15, 0.2) is 18.2 Å². The van der Waals surface area contributed by atoms with Crippen LogP contribution in [0, 0.1) is 5.82 Å². The number of anilines is 2. The Kier molecular flexibility index (Phi) is 1.99. The number of amides is 1. The largest absolute Gasteiger partial charge is 0.447 e. The first-order chi connectivity index (χ1) is 6.68. The Morgan fingerprint density at radius 2 is 2.29 bits per heavy atom. The summed E-state index contributed by atoms with van der Waals surface area (Å²) in [6.07, 6.45) is -0.450. The highest BCUT2D eigenvalue weighted by atomic mass is 19.1. The van der Waals surface area contributed by atoms with Crippen LogP contribution in [-0.4, -0.2) is 19.2 Å². The summed E-state index contributed by atoms with van der Waals surface area (Å²) < 4.78 is 17.8. The van der Waals surface area contributed by atoms with Crippen molar-refractivity contribution in [2.45, 2.75) is 0 Å². The van der Waals surface area contributed by atoms with Crippen molar-refractivity contribution in [2.24, 2.45) is 0 Å². The number of nitrogens with two attached hydrogens (primary N) is 1. The first-order valence-corrected chi connectivity index (χ1v) is 4.18. The molecular formula is C9H9FN2O2. The van der Waals surface area contributed by atoms with Gasteiger partial charge in [-0.25, -0.2) is 9.18 Å². The number of carbonyl (C=O) groups is 1. The van der Waals surface area contributed by atoms with E-state index in [9.17, 15) is 9.18 Å². The van der Waals surface area contributed by atoms with Crippen molar-refractivity contribution in [2.75, 3.05) is 23.8 Å². The van der Waals surface area contributed by atoms with E-state index < -0.39 is 11.9 Å². The van der Waals surface area contributed by atoms with Gasteiger partial charge in [-0.2, -0.15) is 0 Å². The smallest absolute Gasteiger partial charge is 0.414 e. The second kappa shape index (κ2) is 3.17. The van der Waals surface area contributed by atoms with Crippen molar-refractivity contribution in [1.29, 1.82) is 0 Å². The van der Waals surface area contributed by atoms with E-state index in [1.807, 2.05) is 0 Å². The lowest BCUT2D eigenvalue weighted by molar-refractivity contribution is 0.181. The fourth-order valence-electron chi connectivity index (χ4n) is 1.31. The van der Waals surface area contributed by atoms with E-state index in [4.69, 9.17) is 10.5 Å². The zero-order valence-electron chi connectivity index (χ0n) is 7.37. The fourth-order valence-corrected chi connectivity index (χ4v) is 1.31. The molecule has 1 saturated heterocycles. The summed E-state index contributed by atoms with van der Waals surface area (Å²) >= 11 is 0. The molecule has 1 aromatic carbocycles. The quantitative estimate of drug-likeness (QED) is 0.690. The molecule has 0 aromatic heterocycles. The molecular weight excluding hydrogens is 187 g/mol. The first kappa shape index (κ1) is 8.80. The number of hydrogen-bond donors (Lipinski definition) is 1. The minimum absolute atomic E-state index is 0.0707. The Balaban J connectivity index is 2.32. The lowest BCUT2D eigenvalue weighted by Crippen LogP contribution is -2.23. The molecule has 0 atom stereocenters. The van der Waals surface area contributed by atoms with Crippen molar-refractivity contribution in [3.05, 3.63) is 24.0 Å². The van der Waals surface area contributed by atoms with Crippen molar-refractivity contribution in [3.63, 3.8) is 0 Å². The first-order valence-electron chi connectivity index (χ1n) is 4.18. The van der Waals surface area contributed by atoms with E-state index in [2.05, 4.69) is 0 Å². The van der Waals surface area contributed by atoms with Crippen molar-refractivity contribution in [3.8, 4) is 0 Å². The summed E-state index contributed by atoms with van der Waals surface area (Å²) in [4.78, 5) is 12.5. The van der Waals surface area contributed by atoms with Crippen LogP contribution in [0.25, 0.3) is 0 Å². The van der Waals surface area contributed by atoms with Gasteiger partial charge in [-0.05, 0) is 18.2 Å². The summed E-state index contributed by atoms with van der Waals surface area (Å²) in [7, 11) is 0. The molecule has 5 heteroatoms. The normalized spacial score (nSPS) is 15.8. The van der Waals surface area contributed by atoms with Gasteiger partial charge in [-0.3, -0.25) is 4.90 Å². The Morgan fingerprint density at radius 3 is 2.86 bits per heavy atom. The molecule has 1 fully saturated rings. The van der Waals surface area contributed by atoms with Crippen LogP contribution in [0.4, 0.5) is 20.6 Å². The molecule has 0 bridgehead atoms. The highest BCUT2D eigenvalue weighted by molar-refractivity contribution is 5.89. The van der Waals surface area contributed by atoms with E-state index in [1.165, 1.54) is 17.0 Å². The maximum Gasteiger partial charge on any atom is 0.414 e. The standard InChI is InChI=1S/C9H9FN2O2/c10-7-5-6(1-2-8(7)11)12-3-4-14-9(12)13/h1-2,5H,3-4,11H2. The second-order valence-electron chi connectivity index (χ2n) is 2.97. The molecule has 0 spiro atoms. The minimum atomic E-state index is -0.526. The van der Waals surface area contributed by atoms with Crippen LogP contribution in [-0.2, 0) is 4.74 Å². The number of cyclic esters (lactones) is 1. The van der Waals surface area contributed by atoms with E-state index in [0.29, 0.717) is 18.8 Å². The maximum absolute atomic E-state index is 13.1. The number of carbonyl (C=O) groups excluding carboxylic acids is 1. The monoisotopic (exact) mass is 196 g/mol. The molecule has 1 amide bonds. The molecule has 1 heterocycles. The number of rotatable bonds is 1. The summed E-state index contributed by atoms with van der Waals surface area (Å²) in [6.45, 7) is 0.785. The molecule has 1 aromatic rings. The number of halogens is 1. The van der Waals surface area contributed by atoms with E-state index in [1.54, 1.807) is 6.07 Å². The van der Waals surface area contributed by atoms with E-state index in [0.717, 1.165) is 0 Å². The number of benzene rings is 1. The molecule has 0 unspecified atom stereocenters. The van der Waals surface area contributed by atoms with Gasteiger partial charge in [0.15, 0.2) is 0 Å². The number of ether oxygens (including phenoxy) is 1. The SMILES string of the molecule is Nc1ccc(N2CCOC2=O)cc1F. The zero-order valence-corrected chi connectivity index (χ0v) is 7.37. The molecule has 1 aliphatic heterocycles. The molecule has 2 N–H and O–H groups in total. The molecule has 14 heavy (non-hydrogen) atoms. The summed E-state index contributed by atoms with van der Waals surface area (Å²) in [5, 5.41) is 0. The van der Waals surface area contributed by atoms with Gasteiger partial charge in [0, 0.05) is 0 Å². The average molecular weight is 196 g/mol. The van der Waals surface area contributed by atoms with E-state index >= 15 is 0 Å². The molecule has 74 valence electrons. The van der Waals surface area contributed by atoms with Gasteiger partial charge in [0.05, 0.1) is 17.9 Å². The number of nitrogens with zero attached hydrogens (tertiary/aromatic N) is 1. The topological polar surface area (TPSA) is 55.6 Å². The van der Waals surface area contributed by atoms with Gasteiger partial charge in [-0.15, -0.1) is 0 Å². The molecule has 4 nitrogen and oxygen atoms in total. The molecule has 1 aliphatic rings. The highest BCUT2D eigenvalue weighted by Crippen LogP contribution is 2.22. The van der Waals surface area contributed by atoms with Crippen molar-refractivity contribution >= 4 is 17.5 Å². The predicted molar refractivity (Wildman–Crippen MR) is 49.5 cm³/mol. The lowest BCUT2D eigenvalue weighted by Gasteiger charge is -2.12. The van der Waals surface area contributed by atoms with Gasteiger partial charge < -0.3 is 10.5 Å². The van der Waals surface area contributed by atoms with Crippen LogP contribution >= 0.6 is 0 Å². The summed E-state index contributed by atoms with van der Waals surface area (Å²) in [6, 6.07) is 4.24. The molecule has 2 rings (SSSR count). The molecule has 0 aliphatic carbocycles. The van der Waals surface area contributed by atoms with Gasteiger partial charge >= 0.3 is 6.09 Å². The van der Waals surface area contributed by atoms with Crippen LogP contribution in [0.1, 0.15) is 0 Å². The van der Waals surface area contributed by atoms with Gasteiger partial charge in [-0.1, -0.05) is 0 Å². The zero-order chi connectivity index (χ0) is 10.1. The highest BCUT2D eigenvalue weighted by Gasteiger charge is 2.23. The maximum atomic E-state index is 13.1. The van der Waals surface area contributed by atoms with Crippen LogP contribution in [0.5, 0.6) is 0 Å². The Bertz CT molecular complexity index is 381. The third-order valence-electron chi connectivity index (χ3n) is 2.06. The third-order valence-corrected chi connectivity index (χ3v) is 2.06. The Morgan fingerprint density at radius 1 is 1.50 bits per heavy atom. The average Bonchev–Trinajstić information content (AvgIpc) is 2.57. The summed E-state index contributed by atoms with van der Waals surface area (Å²) in [5.41, 5.74) is 5.85. The summed E-state index contributed by atoms with van der Waals surface area (Å²) in [5.74, 6) is -0.526. The van der Waals surface area contributed by atoms with Gasteiger partial charge in [0.1, 0.15) is 12.4 Å². The number of hydrogen-bond acceptors (Lipinski definition) is 3. The van der Waals surface area contributed by atoms with Crippen molar-refractivity contribution < 1.29 is 13.9 Å². The van der Waals surface area contributed by atoms with E-state index in [-0.39, 0.29) is 5.69 Å². The van der Waals surface area contributed by atoms with Crippen LogP contribution < -0.4 is 10.6 Å². The Labute approximate surface area is 80.1 Å². The third kappa shape index (κ3) is 1.37. The lowest BCUT2D eigenvalue weighted by atomic mass is 10.2. The second-order valence-corrected chi connectivity index (χ2v) is 2.97. The number of nitrogen functional groups attached to an aromatic ring is 1. The van der Waals surface area contributed by atoms with Gasteiger partial charge in [0.25, 0.3) is 0 Å². The minimum Gasteiger partial charge on any atom is -0.447 e. The van der Waals surface area contributed by atoms with Crippen LogP contribution in [0.2, 0.25) is 0 Å². The fraction of sp³-hybridized carbons (Fsp3) is 0.222.